The SMILES string of the molecule is CCc1cccc2c1[N+](C1CCCCC1)(C1CCCCC1)C(SN)S2. The van der Waals surface area contributed by atoms with Crippen molar-refractivity contribution in [3.8, 4) is 0 Å². The highest BCUT2D eigenvalue weighted by Gasteiger charge is 2.57. The molecule has 2 N–H and O–H groups in total. The second kappa shape index (κ2) is 7.84. The van der Waals surface area contributed by atoms with Crippen LogP contribution in [0.5, 0.6) is 0 Å². The van der Waals surface area contributed by atoms with Crippen LogP contribution in [0.3, 0.4) is 0 Å². The van der Waals surface area contributed by atoms with Crippen LogP contribution in [0.2, 0.25) is 0 Å². The topological polar surface area (TPSA) is 26.0 Å². The van der Waals surface area contributed by atoms with E-state index in [1.807, 2.05) is 0 Å². The molecule has 2 aliphatic carbocycles. The van der Waals surface area contributed by atoms with Gasteiger partial charge < -0.3 is 0 Å². The third-order valence-electron chi connectivity index (χ3n) is 6.90. The van der Waals surface area contributed by atoms with E-state index in [1.165, 1.54) is 73.6 Å². The first-order valence-corrected chi connectivity index (χ1v) is 12.2. The maximum absolute atomic E-state index is 6.37. The summed E-state index contributed by atoms with van der Waals surface area (Å²) < 4.78 is 1.67. The summed E-state index contributed by atoms with van der Waals surface area (Å²) in [5.74, 6) is 0. The number of para-hydroxylation sites is 1. The zero-order valence-electron chi connectivity index (χ0n) is 15.6. The van der Waals surface area contributed by atoms with Crippen LogP contribution in [-0.2, 0) is 6.42 Å². The van der Waals surface area contributed by atoms with E-state index in [1.54, 1.807) is 23.2 Å². The van der Waals surface area contributed by atoms with Crippen LogP contribution in [0.1, 0.15) is 76.7 Å². The van der Waals surface area contributed by atoms with E-state index in [9.17, 15) is 0 Å². The van der Waals surface area contributed by atoms with Crippen molar-refractivity contribution in [3.05, 3.63) is 23.8 Å². The van der Waals surface area contributed by atoms with Crippen LogP contribution in [-0.4, -0.2) is 16.8 Å². The zero-order chi connectivity index (χ0) is 17.3. The molecule has 2 saturated carbocycles. The quantitative estimate of drug-likeness (QED) is 0.498. The van der Waals surface area contributed by atoms with E-state index in [0.717, 1.165) is 18.5 Å². The summed E-state index contributed by atoms with van der Waals surface area (Å²) >= 11 is 3.71. The van der Waals surface area contributed by atoms with Gasteiger partial charge in [0.25, 0.3) is 0 Å². The number of rotatable bonds is 4. The highest BCUT2D eigenvalue weighted by atomic mass is 32.2. The number of fused-ring (bicyclic) bond motifs is 1. The summed E-state index contributed by atoms with van der Waals surface area (Å²) in [7, 11) is 0. The molecule has 1 aromatic rings. The molecule has 0 aromatic heterocycles. The third kappa shape index (κ3) is 2.97. The Bertz CT molecular complexity index is 574. The van der Waals surface area contributed by atoms with Gasteiger partial charge in [-0.1, -0.05) is 31.9 Å². The van der Waals surface area contributed by atoms with Crippen molar-refractivity contribution >= 4 is 29.4 Å². The van der Waals surface area contributed by atoms with Crippen molar-refractivity contribution in [3.63, 3.8) is 0 Å². The average Bonchev–Trinajstić information content (AvgIpc) is 3.04. The Morgan fingerprint density at radius 3 is 2.12 bits per heavy atom. The van der Waals surface area contributed by atoms with Gasteiger partial charge in [-0.25, -0.2) is 0 Å². The molecule has 4 rings (SSSR count). The average molecular weight is 378 g/mol. The lowest BCUT2D eigenvalue weighted by molar-refractivity contribution is 0.0990. The second-order valence-electron chi connectivity index (χ2n) is 8.10. The molecule has 1 atom stereocenters. The zero-order valence-corrected chi connectivity index (χ0v) is 17.2. The number of quaternary nitrogens is 1. The largest absolute Gasteiger partial charge is 0.272 e. The lowest BCUT2D eigenvalue weighted by Gasteiger charge is -2.52. The monoisotopic (exact) mass is 377 g/mol. The van der Waals surface area contributed by atoms with Gasteiger partial charge in [0.2, 0.25) is 4.71 Å². The number of benzene rings is 1. The molecule has 138 valence electrons. The Morgan fingerprint density at radius 1 is 1.00 bits per heavy atom. The van der Waals surface area contributed by atoms with Gasteiger partial charge in [0.15, 0.2) is 5.69 Å². The Balaban J connectivity index is 1.88. The molecule has 1 heterocycles. The molecule has 0 spiro atoms. The maximum atomic E-state index is 6.37. The van der Waals surface area contributed by atoms with Crippen LogP contribution >= 0.6 is 23.7 Å². The Labute approximate surface area is 162 Å². The van der Waals surface area contributed by atoms with E-state index in [4.69, 9.17) is 5.14 Å². The first-order valence-electron chi connectivity index (χ1n) is 10.3. The van der Waals surface area contributed by atoms with E-state index in [2.05, 4.69) is 36.9 Å². The second-order valence-corrected chi connectivity index (χ2v) is 10.2. The van der Waals surface area contributed by atoms with Crippen molar-refractivity contribution < 1.29 is 0 Å². The van der Waals surface area contributed by atoms with Gasteiger partial charge in [-0.15, -0.1) is 0 Å². The highest BCUT2D eigenvalue weighted by molar-refractivity contribution is 8.16. The molecule has 1 aromatic carbocycles. The first-order chi connectivity index (χ1) is 12.3. The Kier molecular flexibility index (Phi) is 5.71. The molecular formula is C21H33N2S2+. The molecule has 1 unspecified atom stereocenters. The molecule has 4 heteroatoms. The molecule has 0 radical (unpaired) electrons. The van der Waals surface area contributed by atoms with Crippen LogP contribution in [0.25, 0.3) is 0 Å². The number of aryl methyl sites for hydroxylation is 1. The van der Waals surface area contributed by atoms with Gasteiger partial charge in [0.1, 0.15) is 0 Å². The van der Waals surface area contributed by atoms with Crippen molar-refractivity contribution in [2.75, 3.05) is 0 Å². The van der Waals surface area contributed by atoms with Crippen molar-refractivity contribution in [2.45, 2.75) is 99.2 Å². The lowest BCUT2D eigenvalue weighted by Crippen LogP contribution is -2.66. The van der Waals surface area contributed by atoms with E-state index in [0.29, 0.717) is 4.71 Å². The highest BCUT2D eigenvalue weighted by Crippen LogP contribution is 2.59. The summed E-state index contributed by atoms with van der Waals surface area (Å²) in [6.45, 7) is 2.33. The van der Waals surface area contributed by atoms with Gasteiger partial charge >= 0.3 is 0 Å². The number of nitrogens with two attached hydrogens (primary N) is 1. The van der Waals surface area contributed by atoms with Crippen LogP contribution in [0, 0.1) is 0 Å². The molecule has 0 amide bonds. The fourth-order valence-electron chi connectivity index (χ4n) is 5.84. The fourth-order valence-corrected chi connectivity index (χ4v) is 8.43. The summed E-state index contributed by atoms with van der Waals surface area (Å²) in [6, 6.07) is 8.58. The molecule has 2 fully saturated rings. The van der Waals surface area contributed by atoms with Crippen LogP contribution in [0.15, 0.2) is 23.1 Å². The summed E-state index contributed by atoms with van der Waals surface area (Å²) in [6.07, 6.45) is 15.2. The van der Waals surface area contributed by atoms with Crippen molar-refractivity contribution in [1.29, 1.82) is 0 Å². The van der Waals surface area contributed by atoms with Gasteiger partial charge in [-0.05, 0) is 87.6 Å². The van der Waals surface area contributed by atoms with E-state index in [-0.39, 0.29) is 0 Å². The van der Waals surface area contributed by atoms with Crippen LogP contribution in [0.4, 0.5) is 5.69 Å². The molecular weight excluding hydrogens is 344 g/mol. The van der Waals surface area contributed by atoms with Crippen LogP contribution < -0.4 is 9.62 Å². The van der Waals surface area contributed by atoms with E-state index < -0.39 is 0 Å². The predicted octanol–water partition coefficient (Wildman–Crippen LogP) is 6.22. The summed E-state index contributed by atoms with van der Waals surface area (Å²) in [5, 5.41) is 6.37. The smallest absolute Gasteiger partial charge is 0.206 e. The minimum Gasteiger partial charge on any atom is -0.272 e. The third-order valence-corrected chi connectivity index (χ3v) is 9.24. The molecule has 0 saturated heterocycles. The van der Waals surface area contributed by atoms with E-state index >= 15 is 0 Å². The van der Waals surface area contributed by atoms with Gasteiger partial charge in [-0.3, -0.25) is 9.62 Å². The minimum atomic E-state index is 0.453. The Hall–Kier alpha value is -0.160. The summed E-state index contributed by atoms with van der Waals surface area (Å²) in [4.78, 5) is 1.53. The lowest BCUT2D eigenvalue weighted by atomic mass is 9.85. The normalized spacial score (nSPS) is 27.4. The number of nitrogens with zero attached hydrogens (tertiary/aromatic N) is 1. The fraction of sp³-hybridized carbons (Fsp3) is 0.714. The van der Waals surface area contributed by atoms with Gasteiger partial charge in [0.05, 0.1) is 17.0 Å². The molecule has 1 aliphatic heterocycles. The summed E-state index contributed by atoms with van der Waals surface area (Å²) in [5.41, 5.74) is 3.26. The van der Waals surface area contributed by atoms with Gasteiger partial charge in [-0.2, -0.15) is 0 Å². The molecule has 0 bridgehead atoms. The molecule has 25 heavy (non-hydrogen) atoms. The minimum absolute atomic E-state index is 0.453. The first kappa shape index (κ1) is 18.2. The van der Waals surface area contributed by atoms with Crippen molar-refractivity contribution in [2.24, 2.45) is 5.14 Å². The maximum Gasteiger partial charge on any atom is 0.206 e. The molecule has 2 nitrogen and oxygen atoms in total. The molecule has 3 aliphatic rings. The number of hydrogen-bond acceptors (Lipinski definition) is 3. The Morgan fingerprint density at radius 2 is 1.60 bits per heavy atom. The van der Waals surface area contributed by atoms with Gasteiger partial charge in [0, 0.05) is 5.56 Å². The number of hydrogen-bond donors (Lipinski definition) is 1. The number of thioether (sulfide) groups is 1. The predicted molar refractivity (Wildman–Crippen MR) is 113 cm³/mol. The standard InChI is InChI=1S/C21H33N2S2/c1-2-16-10-9-15-19-20(16)23(21(24-19)25-22,17-11-5-3-6-12-17)18-13-7-4-8-14-18/h9-10,15,17-18,21H,2-8,11-14,22H2,1H3/q+1. The van der Waals surface area contributed by atoms with Crippen molar-refractivity contribution in [1.82, 2.24) is 4.48 Å².